The van der Waals surface area contributed by atoms with Gasteiger partial charge in [-0.05, 0) is 55.7 Å². The highest BCUT2D eigenvalue weighted by molar-refractivity contribution is 6.05. The second-order valence-corrected chi connectivity index (χ2v) is 6.02. The number of benzene rings is 2. The first-order valence-electron chi connectivity index (χ1n) is 8.94. The van der Waals surface area contributed by atoms with Gasteiger partial charge in [0.05, 0.1) is 26.0 Å². The number of methoxy groups -OCH3 is 1. The number of hydrogen-bond acceptors (Lipinski definition) is 4. The topological polar surface area (TPSA) is 56.8 Å². The summed E-state index contributed by atoms with van der Waals surface area (Å²) in [4.78, 5) is 12.7. The summed E-state index contributed by atoms with van der Waals surface area (Å²) in [6, 6.07) is 10.9. The van der Waals surface area contributed by atoms with Gasteiger partial charge in [0, 0.05) is 5.56 Å². The molecule has 0 aliphatic carbocycles. The summed E-state index contributed by atoms with van der Waals surface area (Å²) < 4.78 is 16.8. The highest BCUT2D eigenvalue weighted by Gasteiger charge is 2.14. The first kappa shape index (κ1) is 19.6. The van der Waals surface area contributed by atoms with Crippen LogP contribution in [0.1, 0.15) is 42.6 Å². The number of hydrogen-bond donors (Lipinski definition) is 1. The van der Waals surface area contributed by atoms with Crippen molar-refractivity contribution in [1.29, 1.82) is 0 Å². The summed E-state index contributed by atoms with van der Waals surface area (Å²) in [7, 11) is 1.58. The van der Waals surface area contributed by atoms with Crippen LogP contribution in [0.3, 0.4) is 0 Å². The van der Waals surface area contributed by atoms with Crippen LogP contribution in [0.25, 0.3) is 0 Å². The molecule has 0 saturated heterocycles. The van der Waals surface area contributed by atoms with E-state index < -0.39 is 0 Å². The largest absolute Gasteiger partial charge is 0.495 e. The van der Waals surface area contributed by atoms with Gasteiger partial charge in [0.15, 0.2) is 11.5 Å². The van der Waals surface area contributed by atoms with Crippen LogP contribution in [0.4, 0.5) is 5.69 Å². The average molecular weight is 357 g/mol. The van der Waals surface area contributed by atoms with Gasteiger partial charge in [-0.3, -0.25) is 4.79 Å². The van der Waals surface area contributed by atoms with Gasteiger partial charge in [-0.25, -0.2) is 0 Å². The summed E-state index contributed by atoms with van der Waals surface area (Å²) >= 11 is 0. The molecule has 5 nitrogen and oxygen atoms in total. The fourth-order valence-corrected chi connectivity index (χ4v) is 2.42. The predicted octanol–water partition coefficient (Wildman–Crippen LogP) is 4.83. The molecule has 0 radical (unpaired) electrons. The molecule has 0 unspecified atom stereocenters. The van der Waals surface area contributed by atoms with Crippen molar-refractivity contribution >= 4 is 11.6 Å². The summed E-state index contributed by atoms with van der Waals surface area (Å²) in [5, 5.41) is 2.90. The molecule has 0 bridgehead atoms. The third kappa shape index (κ3) is 5.15. The maximum absolute atomic E-state index is 12.7. The zero-order valence-electron chi connectivity index (χ0n) is 15.9. The molecule has 0 aromatic heterocycles. The van der Waals surface area contributed by atoms with Crippen LogP contribution in [0.2, 0.25) is 0 Å². The molecule has 2 aromatic rings. The van der Waals surface area contributed by atoms with E-state index in [1.54, 1.807) is 25.3 Å². The van der Waals surface area contributed by atoms with Gasteiger partial charge in [-0.15, -0.1) is 0 Å². The number of carbonyl (C=O) groups is 1. The zero-order valence-corrected chi connectivity index (χ0v) is 15.9. The number of carbonyl (C=O) groups excluding carboxylic acids is 1. The van der Waals surface area contributed by atoms with E-state index in [1.807, 2.05) is 39.0 Å². The minimum absolute atomic E-state index is 0.225. The van der Waals surface area contributed by atoms with Gasteiger partial charge >= 0.3 is 0 Å². The number of amides is 1. The lowest BCUT2D eigenvalue weighted by Gasteiger charge is -2.14. The summed E-state index contributed by atoms with van der Waals surface area (Å²) in [5.41, 5.74) is 2.18. The summed E-state index contributed by atoms with van der Waals surface area (Å²) in [6.45, 7) is 7.22. The number of aryl methyl sites for hydroxylation is 1. The van der Waals surface area contributed by atoms with Crippen molar-refractivity contribution in [2.45, 2.75) is 33.6 Å². The zero-order chi connectivity index (χ0) is 18.9. The Morgan fingerprint density at radius 1 is 0.923 bits per heavy atom. The van der Waals surface area contributed by atoms with E-state index in [4.69, 9.17) is 14.2 Å². The van der Waals surface area contributed by atoms with Crippen LogP contribution in [0, 0.1) is 6.92 Å². The van der Waals surface area contributed by atoms with Crippen molar-refractivity contribution in [3.63, 3.8) is 0 Å². The van der Waals surface area contributed by atoms with Crippen LogP contribution in [0.15, 0.2) is 36.4 Å². The van der Waals surface area contributed by atoms with Crippen LogP contribution in [-0.4, -0.2) is 26.2 Å². The predicted molar refractivity (Wildman–Crippen MR) is 104 cm³/mol. The molecule has 2 aromatic carbocycles. The lowest BCUT2D eigenvalue weighted by atomic mass is 10.1. The van der Waals surface area contributed by atoms with Crippen molar-refractivity contribution in [3.05, 3.63) is 47.5 Å². The molecular weight excluding hydrogens is 330 g/mol. The van der Waals surface area contributed by atoms with E-state index in [2.05, 4.69) is 5.32 Å². The minimum atomic E-state index is -0.225. The molecule has 1 amide bonds. The number of rotatable bonds is 9. The highest BCUT2D eigenvalue weighted by atomic mass is 16.5. The second kappa shape index (κ2) is 9.70. The SMILES string of the molecule is CCCOc1ccc(C(=O)Nc2cc(C)ccc2OC)cc1OCCC. The Bertz CT molecular complexity index is 743. The molecular formula is C21H27NO4. The Hall–Kier alpha value is -2.69. The molecule has 0 fully saturated rings. The average Bonchev–Trinajstić information content (AvgIpc) is 2.65. The molecule has 0 aliphatic rings. The van der Waals surface area contributed by atoms with Crippen molar-refractivity contribution < 1.29 is 19.0 Å². The van der Waals surface area contributed by atoms with Crippen molar-refractivity contribution in [3.8, 4) is 17.2 Å². The smallest absolute Gasteiger partial charge is 0.255 e. The molecule has 5 heteroatoms. The lowest BCUT2D eigenvalue weighted by molar-refractivity contribution is 0.102. The van der Waals surface area contributed by atoms with Crippen LogP contribution >= 0.6 is 0 Å². The molecule has 2 rings (SSSR count). The molecule has 0 aliphatic heterocycles. The quantitative estimate of drug-likeness (QED) is 0.698. The molecule has 140 valence electrons. The maximum atomic E-state index is 12.7. The Morgan fingerprint density at radius 3 is 2.23 bits per heavy atom. The Balaban J connectivity index is 2.24. The molecule has 0 saturated carbocycles. The van der Waals surface area contributed by atoms with E-state index in [0.717, 1.165) is 18.4 Å². The van der Waals surface area contributed by atoms with Crippen molar-refractivity contribution in [1.82, 2.24) is 0 Å². The molecule has 1 N–H and O–H groups in total. The van der Waals surface area contributed by atoms with E-state index >= 15 is 0 Å². The Morgan fingerprint density at radius 2 is 1.58 bits per heavy atom. The van der Waals surface area contributed by atoms with Crippen molar-refractivity contribution in [2.24, 2.45) is 0 Å². The minimum Gasteiger partial charge on any atom is -0.495 e. The van der Waals surface area contributed by atoms with Gasteiger partial charge in [-0.1, -0.05) is 19.9 Å². The first-order valence-corrected chi connectivity index (χ1v) is 8.94. The summed E-state index contributed by atoms with van der Waals surface area (Å²) in [6.07, 6.45) is 1.78. The third-order valence-electron chi connectivity index (χ3n) is 3.73. The van der Waals surface area contributed by atoms with Crippen LogP contribution in [-0.2, 0) is 0 Å². The third-order valence-corrected chi connectivity index (χ3v) is 3.73. The van der Waals surface area contributed by atoms with Gasteiger partial charge in [0.25, 0.3) is 5.91 Å². The fraction of sp³-hybridized carbons (Fsp3) is 0.381. The second-order valence-electron chi connectivity index (χ2n) is 6.02. The number of ether oxygens (including phenoxy) is 3. The lowest BCUT2D eigenvalue weighted by Crippen LogP contribution is -2.13. The molecule has 0 atom stereocenters. The monoisotopic (exact) mass is 357 g/mol. The maximum Gasteiger partial charge on any atom is 0.255 e. The van der Waals surface area contributed by atoms with Gasteiger partial charge in [0.2, 0.25) is 0 Å². The molecule has 26 heavy (non-hydrogen) atoms. The van der Waals surface area contributed by atoms with Crippen LogP contribution < -0.4 is 19.5 Å². The van der Waals surface area contributed by atoms with Gasteiger partial charge in [0.1, 0.15) is 5.75 Å². The summed E-state index contributed by atoms with van der Waals surface area (Å²) in [5.74, 6) is 1.64. The van der Waals surface area contributed by atoms with E-state index in [-0.39, 0.29) is 5.91 Å². The van der Waals surface area contributed by atoms with Crippen LogP contribution in [0.5, 0.6) is 17.2 Å². The highest BCUT2D eigenvalue weighted by Crippen LogP contribution is 2.30. The normalized spacial score (nSPS) is 10.3. The fourth-order valence-electron chi connectivity index (χ4n) is 2.42. The molecule has 0 spiro atoms. The van der Waals surface area contributed by atoms with Gasteiger partial charge < -0.3 is 19.5 Å². The van der Waals surface area contributed by atoms with E-state index in [1.165, 1.54) is 0 Å². The molecule has 0 heterocycles. The number of anilines is 1. The number of nitrogens with one attached hydrogen (secondary N) is 1. The van der Waals surface area contributed by atoms with E-state index in [9.17, 15) is 4.79 Å². The van der Waals surface area contributed by atoms with E-state index in [0.29, 0.717) is 41.7 Å². The van der Waals surface area contributed by atoms with Crippen molar-refractivity contribution in [2.75, 3.05) is 25.6 Å². The first-order chi connectivity index (χ1) is 12.6. The Kier molecular flexibility index (Phi) is 7.33. The standard InChI is InChI=1S/C21H27NO4/c1-5-11-25-19-10-8-16(14-20(19)26-12-6-2)21(23)22-17-13-15(3)7-9-18(17)24-4/h7-10,13-14H,5-6,11-12H2,1-4H3,(H,22,23). The Labute approximate surface area is 155 Å². The van der Waals surface area contributed by atoms with Gasteiger partial charge in [-0.2, -0.15) is 0 Å².